The molecule has 3 heterocycles. The van der Waals surface area contributed by atoms with Gasteiger partial charge >= 0.3 is 0 Å². The highest BCUT2D eigenvalue weighted by Gasteiger charge is 2.24. The number of hydrogen-bond donors (Lipinski definition) is 0. The highest BCUT2D eigenvalue weighted by molar-refractivity contribution is 5.80. The highest BCUT2D eigenvalue weighted by atomic mass is 15.3. The van der Waals surface area contributed by atoms with Crippen molar-refractivity contribution >= 4 is 0 Å². The molecule has 0 aliphatic rings. The molecule has 57 heavy (non-hydrogen) atoms. The topological polar surface area (TPSA) is 92.1 Å². The SMILES string of the molecule is c1ccc(-c2nnc(-c3cc(-c4nnc(-c5ccccc5)n4-c4ccccc4)cc(-c4nnc(-c5ccccc5)n4-c4ccccc4)c3)n2-c2ccccc2)cc1. The molecule has 270 valence electrons. The average Bonchev–Trinajstić information content (AvgIpc) is 4.06. The normalized spacial score (nSPS) is 11.2. The second kappa shape index (κ2) is 14.7. The Morgan fingerprint density at radius 2 is 0.404 bits per heavy atom. The van der Waals surface area contributed by atoms with E-state index in [1.54, 1.807) is 0 Å². The van der Waals surface area contributed by atoms with Crippen LogP contribution in [0.1, 0.15) is 0 Å². The van der Waals surface area contributed by atoms with Crippen LogP contribution in [0.4, 0.5) is 0 Å². The molecule has 0 radical (unpaired) electrons. The van der Waals surface area contributed by atoms with Crippen LogP contribution in [-0.2, 0) is 0 Å². The summed E-state index contributed by atoms with van der Waals surface area (Å²) < 4.78 is 6.31. The molecule has 0 atom stereocenters. The zero-order valence-electron chi connectivity index (χ0n) is 30.6. The molecular weight excluding hydrogens is 703 g/mol. The molecule has 0 amide bonds. The molecule has 0 aliphatic heterocycles. The monoisotopic (exact) mass is 735 g/mol. The summed E-state index contributed by atoms with van der Waals surface area (Å²) in [6.07, 6.45) is 0. The number of hydrogen-bond acceptors (Lipinski definition) is 6. The zero-order chi connectivity index (χ0) is 38.0. The summed E-state index contributed by atoms with van der Waals surface area (Å²) >= 11 is 0. The van der Waals surface area contributed by atoms with E-state index in [0.717, 1.165) is 67.9 Å². The largest absolute Gasteiger partial charge is 0.275 e. The maximum Gasteiger partial charge on any atom is 0.168 e. The fraction of sp³-hybridized carbons (Fsp3) is 0. The molecule has 0 fully saturated rings. The van der Waals surface area contributed by atoms with Gasteiger partial charge in [0.1, 0.15) is 0 Å². The van der Waals surface area contributed by atoms with Gasteiger partial charge < -0.3 is 0 Å². The van der Waals surface area contributed by atoms with E-state index in [4.69, 9.17) is 30.6 Å². The summed E-state index contributed by atoms with van der Waals surface area (Å²) in [5.74, 6) is 4.15. The number of nitrogens with zero attached hydrogens (tertiary/aromatic N) is 9. The fourth-order valence-corrected chi connectivity index (χ4v) is 7.22. The van der Waals surface area contributed by atoms with Crippen LogP contribution >= 0.6 is 0 Å². The van der Waals surface area contributed by atoms with Crippen LogP contribution in [0.25, 0.3) is 85.4 Å². The second-order valence-corrected chi connectivity index (χ2v) is 13.5. The van der Waals surface area contributed by atoms with E-state index >= 15 is 0 Å². The van der Waals surface area contributed by atoms with E-state index in [0.29, 0.717) is 17.5 Å². The Balaban J connectivity index is 1.27. The minimum Gasteiger partial charge on any atom is -0.275 e. The van der Waals surface area contributed by atoms with Gasteiger partial charge in [-0.3, -0.25) is 13.7 Å². The number of para-hydroxylation sites is 3. The van der Waals surface area contributed by atoms with Crippen molar-refractivity contribution in [3.63, 3.8) is 0 Å². The van der Waals surface area contributed by atoms with Crippen molar-refractivity contribution in [2.24, 2.45) is 0 Å². The number of benzene rings is 7. The summed E-state index contributed by atoms with van der Waals surface area (Å²) in [5, 5.41) is 29.1. The zero-order valence-corrected chi connectivity index (χ0v) is 30.6. The molecule has 0 N–H and O–H groups in total. The molecule has 0 unspecified atom stereocenters. The molecule has 10 rings (SSSR count). The first kappa shape index (κ1) is 33.5. The van der Waals surface area contributed by atoms with Gasteiger partial charge in [0.2, 0.25) is 0 Å². The number of aromatic nitrogens is 9. The summed E-state index contributed by atoms with van der Waals surface area (Å²) in [4.78, 5) is 0. The van der Waals surface area contributed by atoms with Gasteiger partial charge in [-0.15, -0.1) is 30.6 Å². The molecular formula is C48H33N9. The van der Waals surface area contributed by atoms with E-state index in [1.807, 2.05) is 109 Å². The van der Waals surface area contributed by atoms with E-state index in [9.17, 15) is 0 Å². The van der Waals surface area contributed by atoms with Crippen molar-refractivity contribution in [1.82, 2.24) is 44.3 Å². The van der Waals surface area contributed by atoms with Crippen LogP contribution in [0.2, 0.25) is 0 Å². The quantitative estimate of drug-likeness (QED) is 0.147. The average molecular weight is 736 g/mol. The Hall–Kier alpha value is -8.04. The standard InChI is InChI=1S/C48H33N9/c1-7-19-34(20-8-1)43-49-52-46(55(43)40-25-13-4-14-26-40)37-31-38(47-53-50-44(35-21-9-2-10-22-35)56(47)41-27-15-5-16-28-41)33-39(32-37)48-54-51-45(36-23-11-3-12-24-36)57(48)42-29-17-6-18-30-42/h1-33H. The van der Waals surface area contributed by atoms with Gasteiger partial charge in [0, 0.05) is 50.4 Å². The molecule has 0 aliphatic carbocycles. The Morgan fingerprint density at radius 1 is 0.211 bits per heavy atom. The Bertz CT molecular complexity index is 2590. The van der Waals surface area contributed by atoms with Gasteiger partial charge in [-0.1, -0.05) is 146 Å². The molecule has 3 aromatic heterocycles. The van der Waals surface area contributed by atoms with Crippen molar-refractivity contribution < 1.29 is 0 Å². The van der Waals surface area contributed by atoms with Crippen LogP contribution in [0, 0.1) is 0 Å². The van der Waals surface area contributed by atoms with Crippen molar-refractivity contribution in [2.45, 2.75) is 0 Å². The lowest BCUT2D eigenvalue weighted by Gasteiger charge is -2.15. The van der Waals surface area contributed by atoms with Gasteiger partial charge in [-0.05, 0) is 54.6 Å². The van der Waals surface area contributed by atoms with Gasteiger partial charge in [-0.2, -0.15) is 0 Å². The molecule has 10 aromatic rings. The van der Waals surface area contributed by atoms with Crippen molar-refractivity contribution in [3.8, 4) is 85.4 Å². The van der Waals surface area contributed by atoms with Gasteiger partial charge in [0.05, 0.1) is 0 Å². The van der Waals surface area contributed by atoms with Crippen molar-refractivity contribution in [3.05, 3.63) is 200 Å². The Morgan fingerprint density at radius 3 is 0.632 bits per heavy atom. The van der Waals surface area contributed by atoms with Gasteiger partial charge in [-0.25, -0.2) is 0 Å². The summed E-state index contributed by atoms with van der Waals surface area (Å²) in [5.41, 5.74) is 8.08. The maximum atomic E-state index is 4.90. The van der Waals surface area contributed by atoms with Crippen LogP contribution in [0.15, 0.2) is 200 Å². The third-order valence-corrected chi connectivity index (χ3v) is 9.84. The maximum absolute atomic E-state index is 4.90. The molecule has 0 saturated carbocycles. The third kappa shape index (κ3) is 6.29. The van der Waals surface area contributed by atoms with Crippen LogP contribution in [-0.4, -0.2) is 44.3 Å². The van der Waals surface area contributed by atoms with E-state index in [1.165, 1.54) is 0 Å². The van der Waals surface area contributed by atoms with Crippen LogP contribution in [0.3, 0.4) is 0 Å². The fourth-order valence-electron chi connectivity index (χ4n) is 7.22. The lowest BCUT2D eigenvalue weighted by atomic mass is 10.0. The number of rotatable bonds is 9. The molecule has 9 heteroatoms. The van der Waals surface area contributed by atoms with Gasteiger partial charge in [0.15, 0.2) is 34.9 Å². The molecule has 0 saturated heterocycles. The first-order chi connectivity index (χ1) is 28.3. The first-order valence-electron chi connectivity index (χ1n) is 18.7. The highest BCUT2D eigenvalue weighted by Crippen LogP contribution is 2.38. The van der Waals surface area contributed by atoms with Gasteiger partial charge in [0.25, 0.3) is 0 Å². The molecule has 7 aromatic carbocycles. The summed E-state index contributed by atoms with van der Waals surface area (Å²) in [6, 6.07) is 67.3. The van der Waals surface area contributed by atoms with Crippen molar-refractivity contribution in [2.75, 3.05) is 0 Å². The predicted octanol–water partition coefficient (Wildman–Crippen LogP) is 10.4. The predicted molar refractivity (Wildman–Crippen MR) is 224 cm³/mol. The lowest BCUT2D eigenvalue weighted by Crippen LogP contribution is -2.04. The van der Waals surface area contributed by atoms with E-state index in [-0.39, 0.29) is 0 Å². The van der Waals surface area contributed by atoms with Crippen molar-refractivity contribution in [1.29, 1.82) is 0 Å². The Labute approximate surface area is 328 Å². The van der Waals surface area contributed by atoms with Crippen LogP contribution in [0.5, 0.6) is 0 Å². The second-order valence-electron chi connectivity index (χ2n) is 13.5. The first-order valence-corrected chi connectivity index (χ1v) is 18.7. The van der Waals surface area contributed by atoms with Crippen LogP contribution < -0.4 is 0 Å². The molecule has 0 spiro atoms. The minimum atomic E-state index is 0.659. The van der Waals surface area contributed by atoms with E-state index in [2.05, 4.69) is 105 Å². The summed E-state index contributed by atoms with van der Waals surface area (Å²) in [7, 11) is 0. The third-order valence-electron chi connectivity index (χ3n) is 9.84. The Kier molecular flexibility index (Phi) is 8.62. The molecule has 9 nitrogen and oxygen atoms in total. The minimum absolute atomic E-state index is 0.659. The molecule has 0 bridgehead atoms. The van der Waals surface area contributed by atoms with E-state index < -0.39 is 0 Å². The smallest absolute Gasteiger partial charge is 0.168 e. The summed E-state index contributed by atoms with van der Waals surface area (Å²) in [6.45, 7) is 0. The lowest BCUT2D eigenvalue weighted by molar-refractivity contribution is 1.06.